The van der Waals surface area contributed by atoms with Gasteiger partial charge in [-0.25, -0.2) is 13.5 Å². The highest BCUT2D eigenvalue weighted by Crippen LogP contribution is 2.36. The number of aromatic nitrogens is 4. The van der Waals surface area contributed by atoms with Crippen LogP contribution in [0.25, 0.3) is 16.9 Å². The lowest BCUT2D eigenvalue weighted by atomic mass is 9.94. The molecule has 206 valence electrons. The number of ether oxygens (including phenoxy) is 1. The molecule has 1 fully saturated rings. The number of methoxy groups -OCH3 is 1. The third-order valence-corrected chi connectivity index (χ3v) is 7.13. The van der Waals surface area contributed by atoms with Gasteiger partial charge in [0.1, 0.15) is 22.4 Å². The van der Waals surface area contributed by atoms with Crippen LogP contribution in [0.3, 0.4) is 0 Å². The van der Waals surface area contributed by atoms with E-state index >= 15 is 0 Å². The quantitative estimate of drug-likeness (QED) is 0.257. The summed E-state index contributed by atoms with van der Waals surface area (Å²) in [7, 11) is 3.43. The SMILES string of the molecule is COCCN1C[C@@H](NC(O)Nc2c(Cl)c(-c3cnn(C)c3)nn2-c2ccccc2)[C@H](c2cc(F)cc(F)c2)C1. The second-order valence-electron chi connectivity index (χ2n) is 9.54. The molecule has 3 heterocycles. The number of hydrogen-bond donors (Lipinski definition) is 3. The van der Waals surface area contributed by atoms with Gasteiger partial charge in [0.15, 0.2) is 12.2 Å². The molecule has 1 aliphatic heterocycles. The lowest BCUT2D eigenvalue weighted by molar-refractivity contribution is 0.140. The Morgan fingerprint density at radius 3 is 2.56 bits per heavy atom. The molecule has 4 aromatic rings. The van der Waals surface area contributed by atoms with Gasteiger partial charge in [-0.15, -0.1) is 0 Å². The van der Waals surface area contributed by atoms with Gasteiger partial charge < -0.3 is 15.2 Å². The van der Waals surface area contributed by atoms with Crippen LogP contribution in [0.5, 0.6) is 0 Å². The van der Waals surface area contributed by atoms with Gasteiger partial charge in [0.05, 0.1) is 18.5 Å². The predicted octanol–water partition coefficient (Wildman–Crippen LogP) is 3.60. The van der Waals surface area contributed by atoms with E-state index in [9.17, 15) is 13.9 Å². The van der Waals surface area contributed by atoms with Crippen molar-refractivity contribution in [2.45, 2.75) is 18.3 Å². The summed E-state index contributed by atoms with van der Waals surface area (Å²) in [6.07, 6.45) is 2.21. The first-order valence-electron chi connectivity index (χ1n) is 12.5. The van der Waals surface area contributed by atoms with Crippen molar-refractivity contribution in [3.63, 3.8) is 0 Å². The van der Waals surface area contributed by atoms with Crippen molar-refractivity contribution in [1.29, 1.82) is 0 Å². The van der Waals surface area contributed by atoms with Gasteiger partial charge in [0.2, 0.25) is 0 Å². The minimum absolute atomic E-state index is 0.274. The molecule has 1 unspecified atom stereocenters. The van der Waals surface area contributed by atoms with Crippen molar-refractivity contribution < 1.29 is 18.6 Å². The summed E-state index contributed by atoms with van der Waals surface area (Å²) in [6.45, 7) is 2.25. The van der Waals surface area contributed by atoms with E-state index in [1.807, 2.05) is 30.3 Å². The van der Waals surface area contributed by atoms with Gasteiger partial charge in [-0.2, -0.15) is 10.2 Å². The Morgan fingerprint density at radius 2 is 1.90 bits per heavy atom. The van der Waals surface area contributed by atoms with E-state index < -0.39 is 18.0 Å². The lowest BCUT2D eigenvalue weighted by Gasteiger charge is -2.25. The molecular weight excluding hydrogens is 528 g/mol. The summed E-state index contributed by atoms with van der Waals surface area (Å²) >= 11 is 6.80. The highest BCUT2D eigenvalue weighted by atomic mass is 35.5. The molecule has 9 nitrogen and oxygen atoms in total. The van der Waals surface area contributed by atoms with Crippen molar-refractivity contribution in [2.75, 3.05) is 38.7 Å². The molecular formula is C27H30ClF2N7O2. The number of nitrogens with zero attached hydrogens (tertiary/aromatic N) is 5. The van der Waals surface area contributed by atoms with Crippen LogP contribution in [-0.4, -0.2) is 75.3 Å². The Labute approximate surface area is 229 Å². The van der Waals surface area contributed by atoms with E-state index in [1.165, 1.54) is 12.1 Å². The van der Waals surface area contributed by atoms with Crippen LogP contribution in [0.1, 0.15) is 11.5 Å². The van der Waals surface area contributed by atoms with Gasteiger partial charge in [0, 0.05) is 63.6 Å². The van der Waals surface area contributed by atoms with E-state index in [1.54, 1.807) is 35.9 Å². The van der Waals surface area contributed by atoms with Gasteiger partial charge in [-0.3, -0.25) is 14.9 Å². The van der Waals surface area contributed by atoms with Gasteiger partial charge in [0.25, 0.3) is 0 Å². The number of hydrogen-bond acceptors (Lipinski definition) is 7. The fraction of sp³-hybridized carbons (Fsp3) is 0.333. The summed E-state index contributed by atoms with van der Waals surface area (Å²) in [5.41, 5.74) is 2.48. The maximum absolute atomic E-state index is 14.1. The van der Waals surface area contributed by atoms with Crippen molar-refractivity contribution in [1.82, 2.24) is 29.8 Å². The second kappa shape index (κ2) is 11.8. The fourth-order valence-electron chi connectivity index (χ4n) is 4.97. The average Bonchev–Trinajstić information content (AvgIpc) is 3.60. The monoisotopic (exact) mass is 557 g/mol. The molecule has 0 radical (unpaired) electrons. The van der Waals surface area contributed by atoms with Crippen LogP contribution < -0.4 is 10.6 Å². The van der Waals surface area contributed by atoms with Gasteiger partial charge >= 0.3 is 0 Å². The number of halogens is 3. The molecule has 1 saturated heterocycles. The molecule has 0 bridgehead atoms. The molecule has 5 rings (SSSR count). The lowest BCUT2D eigenvalue weighted by Crippen LogP contribution is -2.46. The largest absolute Gasteiger partial charge is 0.383 e. The zero-order valence-corrected chi connectivity index (χ0v) is 22.3. The first kappa shape index (κ1) is 27.2. The Balaban J connectivity index is 1.42. The van der Waals surface area contributed by atoms with Gasteiger partial charge in [-0.05, 0) is 29.8 Å². The molecule has 0 saturated carbocycles. The minimum Gasteiger partial charge on any atom is -0.383 e. The van der Waals surface area contributed by atoms with E-state index in [2.05, 4.69) is 20.6 Å². The maximum Gasteiger partial charge on any atom is 0.182 e. The highest BCUT2D eigenvalue weighted by Gasteiger charge is 2.35. The number of aliphatic hydroxyl groups excluding tert-OH is 1. The number of nitrogens with one attached hydrogen (secondary N) is 2. The summed E-state index contributed by atoms with van der Waals surface area (Å²) in [4.78, 5) is 2.13. The first-order chi connectivity index (χ1) is 18.8. The summed E-state index contributed by atoms with van der Waals surface area (Å²) in [5, 5.41) is 26.6. The fourth-order valence-corrected chi connectivity index (χ4v) is 5.25. The first-order valence-corrected chi connectivity index (χ1v) is 12.9. The van der Waals surface area contributed by atoms with Crippen molar-refractivity contribution in [3.05, 3.63) is 83.1 Å². The number of para-hydroxylation sites is 1. The number of benzene rings is 2. The Kier molecular flexibility index (Phi) is 8.24. The number of rotatable bonds is 10. The Morgan fingerprint density at radius 1 is 1.15 bits per heavy atom. The Hall–Kier alpha value is -3.35. The molecule has 12 heteroatoms. The molecule has 1 aliphatic rings. The number of anilines is 1. The van der Waals surface area contributed by atoms with Crippen LogP contribution in [0.2, 0.25) is 5.02 Å². The van der Waals surface area contributed by atoms with Crippen molar-refractivity contribution in [3.8, 4) is 16.9 Å². The molecule has 39 heavy (non-hydrogen) atoms. The smallest absolute Gasteiger partial charge is 0.182 e. The molecule has 2 aromatic heterocycles. The molecule has 0 aliphatic carbocycles. The van der Waals surface area contributed by atoms with E-state index in [-0.39, 0.29) is 12.0 Å². The molecule has 0 spiro atoms. The van der Waals surface area contributed by atoms with Crippen molar-refractivity contribution >= 4 is 17.4 Å². The third kappa shape index (κ3) is 6.13. The predicted molar refractivity (Wildman–Crippen MR) is 145 cm³/mol. The van der Waals surface area contributed by atoms with Crippen LogP contribution in [0.15, 0.2) is 60.9 Å². The standard InChI is InChI=1S/C27H30ClF2N7O2/c1-35-14-18(13-31-35)25-24(28)26(37(34-25)21-6-4-3-5-7-21)33-27(38)32-23-16-36(8-9-39-2)15-22(23)17-10-19(29)12-20(30)11-17/h3-7,10-14,22-23,27,32-33,38H,8-9,15-16H2,1-2H3/t22-,23+,27?/m0/s1. The molecule has 2 aromatic carbocycles. The second-order valence-corrected chi connectivity index (χ2v) is 9.92. The topological polar surface area (TPSA) is 92.4 Å². The number of likely N-dealkylation sites (tertiary alicyclic amines) is 1. The summed E-state index contributed by atoms with van der Waals surface area (Å²) in [5.74, 6) is -1.17. The molecule has 3 N–H and O–H groups in total. The van der Waals surface area contributed by atoms with E-state index in [0.29, 0.717) is 48.3 Å². The highest BCUT2D eigenvalue weighted by molar-refractivity contribution is 6.35. The number of aliphatic hydroxyl groups is 1. The summed E-state index contributed by atoms with van der Waals surface area (Å²) < 4.78 is 36.6. The van der Waals surface area contributed by atoms with Gasteiger partial charge in [-0.1, -0.05) is 29.8 Å². The van der Waals surface area contributed by atoms with Crippen LogP contribution in [-0.2, 0) is 11.8 Å². The zero-order valence-electron chi connectivity index (χ0n) is 21.6. The minimum atomic E-state index is -1.25. The summed E-state index contributed by atoms with van der Waals surface area (Å²) in [6, 6.07) is 12.6. The van der Waals surface area contributed by atoms with Crippen LogP contribution in [0.4, 0.5) is 14.6 Å². The Bertz CT molecular complexity index is 1390. The molecule has 3 atom stereocenters. The average molecular weight is 558 g/mol. The van der Waals surface area contributed by atoms with E-state index in [0.717, 1.165) is 17.3 Å². The number of aryl methyl sites for hydroxylation is 1. The van der Waals surface area contributed by atoms with E-state index in [4.69, 9.17) is 21.4 Å². The van der Waals surface area contributed by atoms with Crippen LogP contribution >= 0.6 is 11.6 Å². The zero-order chi connectivity index (χ0) is 27.5. The normalized spacial score (nSPS) is 18.5. The molecule has 0 amide bonds. The van der Waals surface area contributed by atoms with Crippen molar-refractivity contribution in [2.24, 2.45) is 7.05 Å². The third-order valence-electron chi connectivity index (χ3n) is 6.77. The maximum atomic E-state index is 14.1. The van der Waals surface area contributed by atoms with Crippen LogP contribution in [0, 0.1) is 11.6 Å².